The average molecular weight is 114 g/mol. The van der Waals surface area contributed by atoms with Gasteiger partial charge in [-0.25, -0.2) is 0 Å². The standard InChI is InChI=1S/C4H10N2Si/c1-7(2,3)4-5-6-4/h1-3H3,(H,5,6). The fourth-order valence-electron chi connectivity index (χ4n) is 0.363. The Kier molecular flexibility index (Phi) is 0.756. The van der Waals surface area contributed by atoms with Crippen LogP contribution in [0.3, 0.4) is 0 Å². The molecular weight excluding hydrogens is 104 g/mol. The van der Waals surface area contributed by atoms with Gasteiger partial charge in [0, 0.05) is 0 Å². The van der Waals surface area contributed by atoms with Crippen LogP contribution in [0.25, 0.3) is 0 Å². The molecule has 0 atom stereocenters. The lowest BCUT2D eigenvalue weighted by atomic mass is 11.5. The van der Waals surface area contributed by atoms with Crippen molar-refractivity contribution in [2.24, 2.45) is 5.10 Å². The van der Waals surface area contributed by atoms with Crippen molar-refractivity contribution in [1.29, 1.82) is 0 Å². The largest absolute Gasteiger partial charge is 0.266 e. The molecule has 1 heterocycles. The minimum absolute atomic E-state index is 0.985. The van der Waals surface area contributed by atoms with Gasteiger partial charge in [0.25, 0.3) is 0 Å². The predicted octanol–water partition coefficient (Wildman–Crippen LogP) is 0.780. The van der Waals surface area contributed by atoms with Gasteiger partial charge in [0.05, 0.1) is 0 Å². The van der Waals surface area contributed by atoms with Crippen LogP contribution in [-0.4, -0.2) is 13.5 Å². The van der Waals surface area contributed by atoms with Crippen LogP contribution in [0.15, 0.2) is 5.10 Å². The van der Waals surface area contributed by atoms with E-state index in [0.29, 0.717) is 0 Å². The van der Waals surface area contributed by atoms with Crippen LogP contribution in [0.4, 0.5) is 0 Å². The normalized spacial score (nSPS) is 17.9. The summed E-state index contributed by atoms with van der Waals surface area (Å²) in [6, 6.07) is 0. The summed E-state index contributed by atoms with van der Waals surface area (Å²) in [6.45, 7) is 6.81. The molecule has 0 amide bonds. The van der Waals surface area contributed by atoms with E-state index in [1.807, 2.05) is 0 Å². The van der Waals surface area contributed by atoms with Crippen molar-refractivity contribution in [1.82, 2.24) is 5.43 Å². The molecule has 3 heteroatoms. The predicted molar refractivity (Wildman–Crippen MR) is 33.9 cm³/mol. The zero-order valence-electron chi connectivity index (χ0n) is 4.95. The minimum atomic E-state index is -0.985. The highest BCUT2D eigenvalue weighted by Crippen LogP contribution is 2.06. The third-order valence-electron chi connectivity index (χ3n) is 0.934. The van der Waals surface area contributed by atoms with Crippen molar-refractivity contribution in [3.05, 3.63) is 0 Å². The SMILES string of the molecule is C[Si](C)(C)C1=NN1. The lowest BCUT2D eigenvalue weighted by Crippen LogP contribution is -2.30. The van der Waals surface area contributed by atoms with E-state index in [1.165, 1.54) is 5.46 Å². The summed E-state index contributed by atoms with van der Waals surface area (Å²) in [6.07, 6.45) is 0. The summed E-state index contributed by atoms with van der Waals surface area (Å²) in [7, 11) is -0.985. The van der Waals surface area contributed by atoms with Gasteiger partial charge in [-0.3, -0.25) is 5.43 Å². The van der Waals surface area contributed by atoms with E-state index in [1.54, 1.807) is 0 Å². The van der Waals surface area contributed by atoms with Crippen LogP contribution >= 0.6 is 0 Å². The first-order valence-corrected chi connectivity index (χ1v) is 5.95. The van der Waals surface area contributed by atoms with Gasteiger partial charge in [-0.15, -0.1) is 0 Å². The van der Waals surface area contributed by atoms with Gasteiger partial charge in [0.1, 0.15) is 13.5 Å². The number of hydrogen-bond acceptors (Lipinski definition) is 2. The third kappa shape index (κ3) is 1.02. The highest BCUT2D eigenvalue weighted by molar-refractivity contribution is 7.05. The molecule has 7 heavy (non-hydrogen) atoms. The molecule has 0 bridgehead atoms. The van der Waals surface area contributed by atoms with Gasteiger partial charge in [-0.2, -0.15) is 5.10 Å². The maximum Gasteiger partial charge on any atom is 0.127 e. The van der Waals surface area contributed by atoms with Crippen LogP contribution in [0.5, 0.6) is 0 Å². The van der Waals surface area contributed by atoms with Crippen molar-refractivity contribution in [3.8, 4) is 0 Å². The maximum atomic E-state index is 3.90. The Morgan fingerprint density at radius 1 is 1.43 bits per heavy atom. The molecule has 0 fully saturated rings. The van der Waals surface area contributed by atoms with Gasteiger partial charge in [-0.05, 0) is 0 Å². The zero-order chi connectivity index (χ0) is 5.49. The molecule has 0 saturated heterocycles. The van der Waals surface area contributed by atoms with E-state index in [-0.39, 0.29) is 0 Å². The Bertz CT molecular complexity index is 111. The molecule has 1 N–H and O–H groups in total. The van der Waals surface area contributed by atoms with Crippen LogP contribution in [-0.2, 0) is 0 Å². The molecule has 0 radical (unpaired) electrons. The smallest absolute Gasteiger partial charge is 0.127 e. The monoisotopic (exact) mass is 114 g/mol. The van der Waals surface area contributed by atoms with Gasteiger partial charge >= 0.3 is 0 Å². The molecular formula is C4H10N2Si. The Morgan fingerprint density at radius 3 is 1.86 bits per heavy atom. The second-order valence-electron chi connectivity index (χ2n) is 2.82. The van der Waals surface area contributed by atoms with E-state index in [0.717, 1.165) is 0 Å². The van der Waals surface area contributed by atoms with Crippen LogP contribution < -0.4 is 5.43 Å². The Balaban J connectivity index is 2.53. The fraction of sp³-hybridized carbons (Fsp3) is 0.750. The number of hydrogen-bond donors (Lipinski definition) is 1. The number of nitrogens with zero attached hydrogens (tertiary/aromatic N) is 1. The third-order valence-corrected chi connectivity index (χ3v) is 2.58. The molecule has 40 valence electrons. The summed E-state index contributed by atoms with van der Waals surface area (Å²) >= 11 is 0. The molecule has 1 aliphatic heterocycles. The summed E-state index contributed by atoms with van der Waals surface area (Å²) in [5.41, 5.74) is 4.13. The topological polar surface area (TPSA) is 34.3 Å². The molecule has 0 unspecified atom stereocenters. The quantitative estimate of drug-likeness (QED) is 0.502. The van der Waals surface area contributed by atoms with Gasteiger partial charge in [0.15, 0.2) is 0 Å². The van der Waals surface area contributed by atoms with Gasteiger partial charge < -0.3 is 0 Å². The Morgan fingerprint density at radius 2 is 1.86 bits per heavy atom. The lowest BCUT2D eigenvalue weighted by Gasteiger charge is -2.03. The number of rotatable bonds is 1. The van der Waals surface area contributed by atoms with Crippen molar-refractivity contribution < 1.29 is 0 Å². The first kappa shape index (κ1) is 4.84. The highest BCUT2D eigenvalue weighted by atomic mass is 28.3. The maximum absolute atomic E-state index is 3.90. The minimum Gasteiger partial charge on any atom is -0.266 e. The van der Waals surface area contributed by atoms with E-state index in [4.69, 9.17) is 0 Å². The molecule has 0 saturated carbocycles. The first-order chi connectivity index (χ1) is 3.11. The molecule has 0 aromatic heterocycles. The number of hydrazone groups is 1. The molecule has 0 aromatic carbocycles. The van der Waals surface area contributed by atoms with E-state index >= 15 is 0 Å². The second-order valence-corrected chi connectivity index (χ2v) is 7.80. The van der Waals surface area contributed by atoms with Crippen LogP contribution in [0, 0.1) is 0 Å². The fourth-order valence-corrected chi connectivity index (χ4v) is 1.09. The summed E-state index contributed by atoms with van der Waals surface area (Å²) < 4.78 is 0. The molecule has 0 aromatic rings. The van der Waals surface area contributed by atoms with Crippen molar-refractivity contribution in [2.45, 2.75) is 19.6 Å². The molecule has 0 spiro atoms. The molecule has 2 nitrogen and oxygen atoms in total. The Hall–Kier alpha value is -0.313. The average Bonchev–Trinajstić information content (AvgIpc) is 1.99. The summed E-state index contributed by atoms with van der Waals surface area (Å²) in [5.74, 6) is 0. The van der Waals surface area contributed by atoms with Crippen molar-refractivity contribution >= 4 is 13.5 Å². The molecule has 1 rings (SSSR count). The summed E-state index contributed by atoms with van der Waals surface area (Å²) in [5, 5.41) is 3.90. The van der Waals surface area contributed by atoms with Gasteiger partial charge in [0.2, 0.25) is 0 Å². The van der Waals surface area contributed by atoms with Crippen molar-refractivity contribution in [2.75, 3.05) is 0 Å². The van der Waals surface area contributed by atoms with Crippen molar-refractivity contribution in [3.63, 3.8) is 0 Å². The Labute approximate surface area is 44.6 Å². The zero-order valence-corrected chi connectivity index (χ0v) is 5.95. The van der Waals surface area contributed by atoms with Crippen LogP contribution in [0.2, 0.25) is 19.6 Å². The van der Waals surface area contributed by atoms with E-state index in [2.05, 4.69) is 30.2 Å². The number of amidine groups is 1. The second kappa shape index (κ2) is 1.09. The lowest BCUT2D eigenvalue weighted by molar-refractivity contribution is 1.26. The van der Waals surface area contributed by atoms with Crippen LogP contribution in [0.1, 0.15) is 0 Å². The summed E-state index contributed by atoms with van der Waals surface area (Å²) in [4.78, 5) is 0. The van der Waals surface area contributed by atoms with Gasteiger partial charge in [-0.1, -0.05) is 19.6 Å². The highest BCUT2D eigenvalue weighted by Gasteiger charge is 2.27. The number of nitrogens with one attached hydrogen (secondary N) is 1. The first-order valence-electron chi connectivity index (χ1n) is 2.45. The molecule has 1 aliphatic rings. The van der Waals surface area contributed by atoms with E-state index < -0.39 is 8.07 Å². The molecule has 0 aliphatic carbocycles. The van der Waals surface area contributed by atoms with E-state index in [9.17, 15) is 0 Å².